The van der Waals surface area contributed by atoms with Crippen molar-refractivity contribution in [1.82, 2.24) is 5.43 Å². The highest BCUT2D eigenvalue weighted by Crippen LogP contribution is 2.21. The number of nitrogens with two attached hydrogens (primary N) is 1. The molecule has 2 amide bonds. The molecule has 3 N–H and O–H groups in total. The van der Waals surface area contributed by atoms with Gasteiger partial charge in [0.25, 0.3) is 0 Å². The lowest BCUT2D eigenvalue weighted by atomic mass is 10.2. The standard InChI is InChI=1S/C11H14BrN3O2/c1-7(2)17-9-3-4-10(12)8(5-9)6-14-15-11(13)16/h3-7H,1-2H3,(H3,13,15,16). The highest BCUT2D eigenvalue weighted by Gasteiger charge is 2.02. The van der Waals surface area contributed by atoms with Crippen molar-refractivity contribution in [2.24, 2.45) is 10.8 Å². The Labute approximate surface area is 108 Å². The van der Waals surface area contributed by atoms with Crippen LogP contribution in [0.2, 0.25) is 0 Å². The zero-order chi connectivity index (χ0) is 12.8. The number of rotatable bonds is 4. The lowest BCUT2D eigenvalue weighted by Gasteiger charge is -2.10. The average molecular weight is 300 g/mol. The van der Waals surface area contributed by atoms with Gasteiger partial charge in [-0.25, -0.2) is 10.2 Å². The molecule has 92 valence electrons. The number of hydrazone groups is 1. The molecule has 0 heterocycles. The molecule has 0 aliphatic heterocycles. The van der Waals surface area contributed by atoms with Crippen LogP contribution in [0.5, 0.6) is 5.75 Å². The summed E-state index contributed by atoms with van der Waals surface area (Å²) in [6.45, 7) is 3.90. The summed E-state index contributed by atoms with van der Waals surface area (Å²) < 4.78 is 6.39. The Morgan fingerprint density at radius 3 is 2.88 bits per heavy atom. The number of primary amides is 1. The fourth-order valence-corrected chi connectivity index (χ4v) is 1.48. The topological polar surface area (TPSA) is 76.7 Å². The van der Waals surface area contributed by atoms with Gasteiger partial charge in [0.15, 0.2) is 0 Å². The largest absolute Gasteiger partial charge is 0.491 e. The number of nitrogens with zero attached hydrogens (tertiary/aromatic N) is 1. The average Bonchev–Trinajstić information content (AvgIpc) is 2.21. The zero-order valence-corrected chi connectivity index (χ0v) is 11.2. The fourth-order valence-electron chi connectivity index (χ4n) is 1.13. The number of carbonyl (C=O) groups excluding carboxylic acids is 1. The summed E-state index contributed by atoms with van der Waals surface area (Å²) in [4.78, 5) is 10.4. The van der Waals surface area contributed by atoms with Crippen molar-refractivity contribution in [2.45, 2.75) is 20.0 Å². The minimum absolute atomic E-state index is 0.102. The summed E-state index contributed by atoms with van der Waals surface area (Å²) in [6.07, 6.45) is 1.59. The Morgan fingerprint density at radius 1 is 1.59 bits per heavy atom. The van der Waals surface area contributed by atoms with Crippen molar-refractivity contribution >= 4 is 28.2 Å². The van der Waals surface area contributed by atoms with Crippen molar-refractivity contribution in [2.75, 3.05) is 0 Å². The normalized spacial score (nSPS) is 10.8. The van der Waals surface area contributed by atoms with E-state index in [1.807, 2.05) is 32.0 Å². The predicted molar refractivity (Wildman–Crippen MR) is 70.2 cm³/mol. The van der Waals surface area contributed by atoms with Crippen molar-refractivity contribution in [3.63, 3.8) is 0 Å². The number of hydrogen-bond acceptors (Lipinski definition) is 3. The van der Waals surface area contributed by atoms with Crippen LogP contribution in [-0.2, 0) is 0 Å². The maximum atomic E-state index is 10.4. The summed E-state index contributed by atoms with van der Waals surface area (Å²) in [5.41, 5.74) is 7.81. The quantitative estimate of drug-likeness (QED) is 0.661. The second-order valence-corrected chi connectivity index (χ2v) is 4.44. The summed E-state index contributed by atoms with van der Waals surface area (Å²) in [5, 5.41) is 3.69. The Balaban J connectivity index is 2.83. The molecule has 0 unspecified atom stereocenters. The van der Waals surface area contributed by atoms with Crippen LogP contribution >= 0.6 is 15.9 Å². The van der Waals surface area contributed by atoms with Gasteiger partial charge in [0, 0.05) is 10.0 Å². The van der Waals surface area contributed by atoms with E-state index < -0.39 is 6.03 Å². The minimum atomic E-state index is -0.702. The van der Waals surface area contributed by atoms with E-state index in [1.54, 1.807) is 0 Å². The first-order chi connectivity index (χ1) is 7.99. The maximum absolute atomic E-state index is 10.4. The van der Waals surface area contributed by atoms with E-state index in [-0.39, 0.29) is 6.10 Å². The SMILES string of the molecule is CC(C)Oc1ccc(Br)c(C=NNC(N)=O)c1. The number of halogens is 1. The minimum Gasteiger partial charge on any atom is -0.491 e. The molecule has 1 rings (SSSR count). The molecule has 0 aromatic heterocycles. The highest BCUT2D eigenvalue weighted by molar-refractivity contribution is 9.10. The first-order valence-corrected chi connectivity index (χ1v) is 5.83. The van der Waals surface area contributed by atoms with E-state index in [9.17, 15) is 4.79 Å². The lowest BCUT2D eigenvalue weighted by Crippen LogP contribution is -2.24. The molecule has 0 fully saturated rings. The molecule has 17 heavy (non-hydrogen) atoms. The second-order valence-electron chi connectivity index (χ2n) is 3.58. The summed E-state index contributed by atoms with van der Waals surface area (Å²) >= 11 is 3.37. The molecule has 0 saturated heterocycles. The van der Waals surface area contributed by atoms with E-state index in [0.29, 0.717) is 0 Å². The van der Waals surface area contributed by atoms with Gasteiger partial charge < -0.3 is 10.5 Å². The molecule has 0 atom stereocenters. The van der Waals surface area contributed by atoms with Crippen LogP contribution in [0, 0.1) is 0 Å². The number of carbonyl (C=O) groups is 1. The van der Waals surface area contributed by atoms with Gasteiger partial charge in [0.05, 0.1) is 12.3 Å². The van der Waals surface area contributed by atoms with Crippen molar-refractivity contribution in [1.29, 1.82) is 0 Å². The maximum Gasteiger partial charge on any atom is 0.332 e. The molecule has 5 nitrogen and oxygen atoms in total. The third-order valence-electron chi connectivity index (χ3n) is 1.72. The van der Waals surface area contributed by atoms with E-state index in [1.165, 1.54) is 6.21 Å². The highest BCUT2D eigenvalue weighted by atomic mass is 79.9. The lowest BCUT2D eigenvalue weighted by molar-refractivity contribution is 0.242. The van der Waals surface area contributed by atoms with Gasteiger partial charge in [0.2, 0.25) is 0 Å². The number of amides is 2. The number of benzene rings is 1. The Morgan fingerprint density at radius 2 is 2.29 bits per heavy atom. The Bertz CT molecular complexity index is 433. The molecule has 1 aromatic rings. The van der Waals surface area contributed by atoms with Crippen molar-refractivity contribution in [3.8, 4) is 5.75 Å². The first kappa shape index (κ1) is 13.5. The van der Waals surface area contributed by atoms with Crippen LogP contribution in [0.15, 0.2) is 27.8 Å². The molecular formula is C11H14BrN3O2. The molecule has 0 spiro atoms. The third kappa shape index (κ3) is 4.86. The molecule has 0 aliphatic rings. The Hall–Kier alpha value is -1.56. The smallest absolute Gasteiger partial charge is 0.332 e. The molecule has 0 saturated carbocycles. The molecule has 1 aromatic carbocycles. The Kier molecular flexibility index (Phi) is 4.96. The van der Waals surface area contributed by atoms with Gasteiger partial charge in [-0.15, -0.1) is 0 Å². The van der Waals surface area contributed by atoms with E-state index in [2.05, 4.69) is 26.5 Å². The number of hydrogen-bond donors (Lipinski definition) is 2. The van der Waals surface area contributed by atoms with E-state index >= 15 is 0 Å². The third-order valence-corrected chi connectivity index (χ3v) is 2.44. The summed E-state index contributed by atoms with van der Waals surface area (Å²) in [7, 11) is 0. The van der Waals surface area contributed by atoms with Crippen molar-refractivity contribution in [3.05, 3.63) is 28.2 Å². The number of ether oxygens (including phenoxy) is 1. The van der Waals surface area contributed by atoms with Crippen LogP contribution in [0.4, 0.5) is 4.79 Å². The molecule has 0 radical (unpaired) electrons. The van der Waals surface area contributed by atoms with E-state index in [0.717, 1.165) is 15.8 Å². The van der Waals surface area contributed by atoms with Crippen molar-refractivity contribution < 1.29 is 9.53 Å². The van der Waals surface area contributed by atoms with Gasteiger partial charge in [-0.3, -0.25) is 0 Å². The molecule has 6 heteroatoms. The molecule has 0 bridgehead atoms. The molecular weight excluding hydrogens is 286 g/mol. The van der Waals surface area contributed by atoms with E-state index in [4.69, 9.17) is 10.5 Å². The van der Waals surface area contributed by atoms with Crippen LogP contribution < -0.4 is 15.9 Å². The number of nitrogens with one attached hydrogen (secondary N) is 1. The van der Waals surface area contributed by atoms with Crippen LogP contribution in [0.25, 0.3) is 0 Å². The van der Waals surface area contributed by atoms with Crippen LogP contribution in [0.3, 0.4) is 0 Å². The number of urea groups is 1. The monoisotopic (exact) mass is 299 g/mol. The van der Waals surface area contributed by atoms with Crippen LogP contribution in [0.1, 0.15) is 19.4 Å². The van der Waals surface area contributed by atoms with Gasteiger partial charge in [-0.05, 0) is 32.0 Å². The fraction of sp³-hybridized carbons (Fsp3) is 0.273. The van der Waals surface area contributed by atoms with Gasteiger partial charge in [-0.1, -0.05) is 15.9 Å². The van der Waals surface area contributed by atoms with Gasteiger partial charge in [-0.2, -0.15) is 5.10 Å². The van der Waals surface area contributed by atoms with Gasteiger partial charge in [0.1, 0.15) is 5.75 Å². The zero-order valence-electron chi connectivity index (χ0n) is 9.61. The molecule has 0 aliphatic carbocycles. The second kappa shape index (κ2) is 6.24. The first-order valence-electron chi connectivity index (χ1n) is 5.03. The summed E-state index contributed by atoms with van der Waals surface area (Å²) in [6, 6.07) is 4.81. The summed E-state index contributed by atoms with van der Waals surface area (Å²) in [5.74, 6) is 0.740. The predicted octanol–water partition coefficient (Wildman–Crippen LogP) is 2.24. The van der Waals surface area contributed by atoms with Gasteiger partial charge >= 0.3 is 6.03 Å². The van der Waals surface area contributed by atoms with Crippen LogP contribution in [-0.4, -0.2) is 18.3 Å².